The minimum Gasteiger partial charge on any atom is -0.496 e. The summed E-state index contributed by atoms with van der Waals surface area (Å²) in [5, 5.41) is 4.48. The van der Waals surface area contributed by atoms with Crippen molar-refractivity contribution in [2.24, 2.45) is 0 Å². The minimum atomic E-state index is -0.0954. The molecule has 7 heteroatoms. The Hall–Kier alpha value is -3.65. The summed E-state index contributed by atoms with van der Waals surface area (Å²) in [6, 6.07) is 25.8. The Morgan fingerprint density at radius 1 is 0.923 bits per heavy atom. The van der Waals surface area contributed by atoms with Crippen molar-refractivity contribution in [1.82, 2.24) is 10.3 Å². The lowest BCUT2D eigenvalue weighted by atomic mass is 9.87. The molecule has 0 radical (unpaired) electrons. The fraction of sp³-hybridized carbons (Fsp3) is 0.344. The van der Waals surface area contributed by atoms with E-state index in [0.717, 1.165) is 59.5 Å². The number of H-pyrrole nitrogens is 1. The fourth-order valence-corrected chi connectivity index (χ4v) is 5.04. The van der Waals surface area contributed by atoms with Gasteiger partial charge in [0.05, 0.1) is 39.6 Å². The molecule has 0 bridgehead atoms. The third-order valence-corrected chi connectivity index (χ3v) is 7.14. The Morgan fingerprint density at radius 2 is 1.77 bits per heavy atom. The zero-order chi connectivity index (χ0) is 26.9. The van der Waals surface area contributed by atoms with Crippen molar-refractivity contribution in [3.63, 3.8) is 0 Å². The van der Waals surface area contributed by atoms with Gasteiger partial charge in [-0.3, -0.25) is 4.79 Å². The van der Waals surface area contributed by atoms with Crippen LogP contribution in [0.15, 0.2) is 83.7 Å². The second-order valence-corrected chi connectivity index (χ2v) is 9.83. The molecule has 5 rings (SSSR count). The standard InChI is InChI=1S/C32H36N2O5/c1-36-30-6-3-2-5-26(30)22-37-17-4-18-38-27-12-9-24(10-13-27)28-15-16-33-20-31(28)39-21-23-7-8-25-11-14-32(35)34-29(25)19-23/h2-3,5-14,19,28,31,33H,4,15-18,20-22H2,1H3,(H,34,35)/t28-,31-/m0/s1. The number of nitrogens with one attached hydrogen (secondary N) is 2. The van der Waals surface area contributed by atoms with Crippen molar-refractivity contribution in [2.75, 3.05) is 33.4 Å². The van der Waals surface area contributed by atoms with Crippen LogP contribution in [0.5, 0.6) is 11.5 Å². The topological polar surface area (TPSA) is 81.8 Å². The van der Waals surface area contributed by atoms with Gasteiger partial charge in [-0.15, -0.1) is 0 Å². The lowest BCUT2D eigenvalue weighted by Crippen LogP contribution is -2.40. The number of benzene rings is 3. The SMILES string of the molecule is COc1ccccc1COCCCOc1ccc([C@@H]2CCNC[C@@H]2OCc2ccc3ccc(=O)[nH]c3c2)cc1. The molecule has 7 nitrogen and oxygen atoms in total. The van der Waals surface area contributed by atoms with E-state index in [9.17, 15) is 4.79 Å². The molecule has 2 atom stereocenters. The largest absolute Gasteiger partial charge is 0.496 e. The van der Waals surface area contributed by atoms with Crippen molar-refractivity contribution in [3.8, 4) is 11.5 Å². The number of aromatic nitrogens is 1. The number of piperidine rings is 1. The molecule has 1 saturated heterocycles. The molecule has 1 fully saturated rings. The van der Waals surface area contributed by atoms with Crippen LogP contribution in [0, 0.1) is 0 Å². The Balaban J connectivity index is 1.09. The predicted molar refractivity (Wildman–Crippen MR) is 153 cm³/mol. The van der Waals surface area contributed by atoms with Crippen molar-refractivity contribution >= 4 is 10.9 Å². The zero-order valence-electron chi connectivity index (χ0n) is 22.4. The maximum absolute atomic E-state index is 11.7. The van der Waals surface area contributed by atoms with Gasteiger partial charge in [0, 0.05) is 36.0 Å². The van der Waals surface area contributed by atoms with Crippen LogP contribution in [0.25, 0.3) is 10.9 Å². The van der Waals surface area contributed by atoms with Crippen LogP contribution >= 0.6 is 0 Å². The van der Waals surface area contributed by atoms with Crippen molar-refractivity contribution < 1.29 is 18.9 Å². The average molecular weight is 529 g/mol. The number of aromatic amines is 1. The number of fused-ring (bicyclic) bond motifs is 1. The first-order valence-electron chi connectivity index (χ1n) is 13.6. The summed E-state index contributed by atoms with van der Waals surface area (Å²) in [7, 11) is 1.67. The predicted octanol–water partition coefficient (Wildman–Crippen LogP) is 5.18. The first-order valence-corrected chi connectivity index (χ1v) is 13.6. The Bertz CT molecular complexity index is 1400. The highest BCUT2D eigenvalue weighted by atomic mass is 16.5. The molecule has 39 heavy (non-hydrogen) atoms. The van der Waals surface area contributed by atoms with Crippen molar-refractivity contribution in [1.29, 1.82) is 0 Å². The maximum atomic E-state index is 11.7. The monoisotopic (exact) mass is 528 g/mol. The molecule has 2 heterocycles. The van der Waals surface area contributed by atoms with E-state index in [1.165, 1.54) is 5.56 Å². The lowest BCUT2D eigenvalue weighted by molar-refractivity contribution is 0.0106. The summed E-state index contributed by atoms with van der Waals surface area (Å²) in [6.07, 6.45) is 1.89. The van der Waals surface area contributed by atoms with E-state index in [1.807, 2.05) is 54.6 Å². The second-order valence-electron chi connectivity index (χ2n) is 9.83. The molecule has 0 amide bonds. The van der Waals surface area contributed by atoms with Gasteiger partial charge in [0.15, 0.2) is 0 Å². The van der Waals surface area contributed by atoms with E-state index < -0.39 is 0 Å². The van der Waals surface area contributed by atoms with Gasteiger partial charge in [-0.25, -0.2) is 0 Å². The molecule has 204 valence electrons. The molecule has 2 N–H and O–H groups in total. The molecule has 1 aliphatic rings. The third-order valence-electron chi connectivity index (χ3n) is 7.14. The highest BCUT2D eigenvalue weighted by Gasteiger charge is 2.27. The van der Waals surface area contributed by atoms with Gasteiger partial charge in [0.2, 0.25) is 5.56 Å². The molecule has 1 aliphatic heterocycles. The van der Waals surface area contributed by atoms with Gasteiger partial charge in [-0.2, -0.15) is 0 Å². The molecule has 0 saturated carbocycles. The molecular weight excluding hydrogens is 492 g/mol. The number of ether oxygens (including phenoxy) is 4. The van der Waals surface area contributed by atoms with Gasteiger partial charge in [-0.1, -0.05) is 42.5 Å². The van der Waals surface area contributed by atoms with Crippen LogP contribution in [0.2, 0.25) is 0 Å². The molecule has 0 aliphatic carbocycles. The van der Waals surface area contributed by atoms with E-state index in [2.05, 4.69) is 28.5 Å². The van der Waals surface area contributed by atoms with E-state index in [1.54, 1.807) is 13.2 Å². The van der Waals surface area contributed by atoms with Gasteiger partial charge in [-0.05, 0) is 59.8 Å². The van der Waals surface area contributed by atoms with Crippen LogP contribution in [0.1, 0.15) is 35.4 Å². The fourth-order valence-electron chi connectivity index (χ4n) is 5.04. The molecule has 0 spiro atoms. The molecule has 4 aromatic rings. The quantitative estimate of drug-likeness (QED) is 0.247. The third kappa shape index (κ3) is 7.26. The van der Waals surface area contributed by atoms with E-state index in [-0.39, 0.29) is 11.7 Å². The summed E-state index contributed by atoms with van der Waals surface area (Å²) >= 11 is 0. The highest BCUT2D eigenvalue weighted by Crippen LogP contribution is 2.30. The van der Waals surface area contributed by atoms with Gasteiger partial charge >= 0.3 is 0 Å². The zero-order valence-corrected chi connectivity index (χ0v) is 22.4. The Kier molecular flexibility index (Phi) is 9.27. The van der Waals surface area contributed by atoms with Gasteiger partial charge < -0.3 is 29.2 Å². The smallest absolute Gasteiger partial charge is 0.248 e. The first kappa shape index (κ1) is 26.9. The van der Waals surface area contributed by atoms with E-state index in [0.29, 0.717) is 32.3 Å². The van der Waals surface area contributed by atoms with Crippen LogP contribution in [0.3, 0.4) is 0 Å². The summed E-state index contributed by atoms with van der Waals surface area (Å²) in [6.45, 7) is 4.02. The van der Waals surface area contributed by atoms with Crippen molar-refractivity contribution in [3.05, 3.63) is 106 Å². The Morgan fingerprint density at radius 3 is 2.64 bits per heavy atom. The summed E-state index contributed by atoms with van der Waals surface area (Å²) in [5.41, 5.74) is 4.09. The van der Waals surface area contributed by atoms with Crippen molar-refractivity contribution in [2.45, 2.75) is 38.1 Å². The number of hydrogen-bond donors (Lipinski definition) is 2. The molecule has 1 aromatic heterocycles. The van der Waals surface area contributed by atoms with Crippen LogP contribution < -0.4 is 20.3 Å². The summed E-state index contributed by atoms with van der Waals surface area (Å²) in [5.74, 6) is 2.02. The number of rotatable bonds is 12. The minimum absolute atomic E-state index is 0.0661. The molecule has 0 unspecified atom stereocenters. The van der Waals surface area contributed by atoms with Gasteiger partial charge in [0.25, 0.3) is 0 Å². The second kappa shape index (κ2) is 13.4. The van der Waals surface area contributed by atoms with Crippen LogP contribution in [0.4, 0.5) is 0 Å². The Labute approximate surface area is 229 Å². The van der Waals surface area contributed by atoms with E-state index >= 15 is 0 Å². The summed E-state index contributed by atoms with van der Waals surface area (Å²) < 4.78 is 23.5. The average Bonchev–Trinajstić information content (AvgIpc) is 2.98. The number of hydrogen-bond acceptors (Lipinski definition) is 6. The number of para-hydroxylation sites is 1. The number of pyridine rings is 1. The first-order chi connectivity index (χ1) is 19.2. The normalized spacial score (nSPS) is 17.3. The van der Waals surface area contributed by atoms with Crippen LogP contribution in [-0.4, -0.2) is 44.5 Å². The molecular formula is C32H36N2O5. The summed E-state index contributed by atoms with van der Waals surface area (Å²) in [4.78, 5) is 14.6. The lowest BCUT2D eigenvalue weighted by Gasteiger charge is -2.32. The van der Waals surface area contributed by atoms with Gasteiger partial charge in [0.1, 0.15) is 11.5 Å². The number of methoxy groups -OCH3 is 1. The molecule has 3 aromatic carbocycles. The maximum Gasteiger partial charge on any atom is 0.248 e. The van der Waals surface area contributed by atoms with E-state index in [4.69, 9.17) is 18.9 Å². The highest BCUT2D eigenvalue weighted by molar-refractivity contribution is 5.78. The van der Waals surface area contributed by atoms with Crippen LogP contribution in [-0.2, 0) is 22.7 Å².